The van der Waals surface area contributed by atoms with Crippen LogP contribution in [0.4, 0.5) is 4.79 Å². The van der Waals surface area contributed by atoms with E-state index in [0.29, 0.717) is 34.0 Å². The Morgan fingerprint density at radius 2 is 1.00 bits per heavy atom. The number of nitrogens with one attached hydrogen (secondary N) is 7. The number of carbonyl (C=O) groups is 3. The van der Waals surface area contributed by atoms with Crippen LogP contribution in [0.1, 0.15) is 164 Å². The number of aromatic hydroxyl groups is 1. The normalized spacial score (nSPS) is 15.6. The standard InChI is InChI=1S/C11H17NO2.2C10H16N2O.2C9H14N2O2/c1-6-7(2)9(13)12-10(14)8(6)11(3,4)5;1-6-8(10(3,4)5)11-7(2)9(13)12-6;1-6-8(10(3,4)5)7(2)12-9(13)11-6;1-5-7(12)11-8(13)6(10-5)9(2,3)4;1-5-6(9(2,3)4)7(12)11-8(13)10-5/h7H,1-5H3,(H,12,13,14);1-5H3,(H,12,13);1H2,2-5H3,(H2,11,12,13);1-4H3,(H2,11,12,13);1-4H3,(H2,10,11,12,13). The van der Waals surface area contributed by atoms with Gasteiger partial charge in [0.15, 0.2) is 0 Å². The number of aryl methyl sites for hydroxylation is 4. The Kier molecular flexibility index (Phi) is 18.8. The second kappa shape index (κ2) is 21.5. The molecule has 17 nitrogen and oxygen atoms in total. The lowest BCUT2D eigenvalue weighted by Gasteiger charge is -2.31. The van der Waals surface area contributed by atoms with E-state index in [1.54, 1.807) is 20.8 Å². The molecule has 0 fully saturated rings. The smallest absolute Gasteiger partial charge is 0.325 e. The first-order chi connectivity index (χ1) is 29.5. The molecule has 366 valence electrons. The number of allylic oxidation sites excluding steroid dienone is 2. The summed E-state index contributed by atoms with van der Waals surface area (Å²) >= 11 is 0. The van der Waals surface area contributed by atoms with Crippen LogP contribution in [0.3, 0.4) is 0 Å². The van der Waals surface area contributed by atoms with E-state index in [0.717, 1.165) is 33.8 Å². The number of aromatic nitrogens is 6. The van der Waals surface area contributed by atoms with Crippen LogP contribution in [-0.2, 0) is 25.8 Å². The van der Waals surface area contributed by atoms with Crippen molar-refractivity contribution in [2.24, 2.45) is 16.7 Å². The summed E-state index contributed by atoms with van der Waals surface area (Å²) in [6.45, 7) is 46.4. The molecule has 0 aliphatic carbocycles. The highest BCUT2D eigenvalue weighted by atomic mass is 16.3. The number of imide groups is 1. The molecule has 5 rings (SSSR count). The Morgan fingerprint density at radius 1 is 0.515 bits per heavy atom. The molecule has 0 radical (unpaired) electrons. The average molecular weight is 920 g/mol. The highest BCUT2D eigenvalue weighted by Gasteiger charge is 2.35. The molecule has 2 aliphatic rings. The van der Waals surface area contributed by atoms with Crippen LogP contribution < -0.4 is 38.3 Å². The van der Waals surface area contributed by atoms with Gasteiger partial charge in [0.05, 0.1) is 17.3 Å². The van der Waals surface area contributed by atoms with Gasteiger partial charge < -0.3 is 25.7 Å². The highest BCUT2D eigenvalue weighted by Crippen LogP contribution is 2.34. The molecule has 0 aromatic carbocycles. The van der Waals surface area contributed by atoms with E-state index in [1.807, 2.05) is 90.0 Å². The minimum atomic E-state index is -0.449. The van der Waals surface area contributed by atoms with Crippen molar-refractivity contribution in [1.29, 1.82) is 0 Å². The van der Waals surface area contributed by atoms with Crippen LogP contribution in [-0.4, -0.2) is 52.9 Å². The van der Waals surface area contributed by atoms with Gasteiger partial charge >= 0.3 is 11.7 Å². The number of amides is 4. The van der Waals surface area contributed by atoms with Gasteiger partial charge in [-0.05, 0) is 70.3 Å². The van der Waals surface area contributed by atoms with Crippen LogP contribution in [0.15, 0.2) is 53.9 Å². The number of hydrogen-bond donors (Lipinski definition) is 8. The number of rotatable bonds is 0. The van der Waals surface area contributed by atoms with E-state index < -0.39 is 5.69 Å². The first-order valence-corrected chi connectivity index (χ1v) is 21.8. The summed E-state index contributed by atoms with van der Waals surface area (Å²) in [7, 11) is 0. The molecular weight excluding hydrogens is 843 g/mol. The lowest BCUT2D eigenvalue weighted by atomic mass is 9.78. The highest BCUT2D eigenvalue weighted by molar-refractivity contribution is 6.09. The fourth-order valence-electron chi connectivity index (χ4n) is 7.40. The van der Waals surface area contributed by atoms with Crippen molar-refractivity contribution in [1.82, 2.24) is 45.9 Å². The molecule has 0 bridgehead atoms. The second-order valence-electron chi connectivity index (χ2n) is 21.8. The number of aromatic amines is 4. The SMILES string of the molecule is C=C1NC(=O)NC(C)=C1C(C)(C)C.CC1=C(C(C)(C)C)C(=O)NC(=O)C1C.Cc1[nH]c(=O)[nH]c(=O)c1C(C)(C)C.Cc1[nH]c(=O)c(C)nc1C(C)(C)C.Cc1nc(C(C)(C)C)c(=O)[nH]c1O. The molecule has 66 heavy (non-hydrogen) atoms. The Hall–Kier alpha value is -6.13. The van der Waals surface area contributed by atoms with Gasteiger partial charge in [-0.15, -0.1) is 0 Å². The van der Waals surface area contributed by atoms with Gasteiger partial charge in [0.1, 0.15) is 11.4 Å². The van der Waals surface area contributed by atoms with E-state index >= 15 is 0 Å². The molecule has 0 saturated heterocycles. The summed E-state index contributed by atoms with van der Waals surface area (Å²) in [5.41, 5.74) is 6.91. The van der Waals surface area contributed by atoms with Crippen molar-refractivity contribution >= 4 is 17.8 Å². The van der Waals surface area contributed by atoms with Gasteiger partial charge in [0.2, 0.25) is 11.8 Å². The predicted molar refractivity (Wildman–Crippen MR) is 262 cm³/mol. The molecule has 17 heteroatoms. The van der Waals surface area contributed by atoms with Gasteiger partial charge in [0.25, 0.3) is 22.6 Å². The summed E-state index contributed by atoms with van der Waals surface area (Å²) in [6.07, 6.45) is 0. The van der Waals surface area contributed by atoms with Crippen molar-refractivity contribution in [3.05, 3.63) is 116 Å². The third-order valence-electron chi connectivity index (χ3n) is 10.3. The number of H-pyrrole nitrogens is 4. The summed E-state index contributed by atoms with van der Waals surface area (Å²) in [4.78, 5) is 97.1. The maximum atomic E-state index is 11.6. The molecule has 1 atom stereocenters. The van der Waals surface area contributed by atoms with Gasteiger partial charge in [-0.3, -0.25) is 44.2 Å². The molecule has 8 N–H and O–H groups in total. The third kappa shape index (κ3) is 16.1. The molecule has 3 aromatic rings. The van der Waals surface area contributed by atoms with E-state index in [1.165, 1.54) is 0 Å². The second-order valence-corrected chi connectivity index (χ2v) is 21.8. The summed E-state index contributed by atoms with van der Waals surface area (Å²) in [5, 5.41) is 17.0. The first-order valence-electron chi connectivity index (χ1n) is 21.8. The molecule has 0 spiro atoms. The Labute approximate surface area is 389 Å². The van der Waals surface area contributed by atoms with Crippen molar-refractivity contribution < 1.29 is 19.5 Å². The molecule has 1 unspecified atom stereocenters. The topological polar surface area (TPSA) is 265 Å². The Bertz CT molecular complexity index is 2620. The molecule has 0 saturated carbocycles. The van der Waals surface area contributed by atoms with Crippen molar-refractivity contribution in [3.63, 3.8) is 0 Å². The monoisotopic (exact) mass is 920 g/mol. The van der Waals surface area contributed by atoms with Crippen LogP contribution in [0, 0.1) is 44.4 Å². The van der Waals surface area contributed by atoms with Crippen LogP contribution in [0.5, 0.6) is 5.88 Å². The summed E-state index contributed by atoms with van der Waals surface area (Å²) in [5.74, 6) is -0.779. The third-order valence-corrected chi connectivity index (χ3v) is 10.3. The quantitative estimate of drug-likeness (QED) is 0.105. The zero-order valence-electron chi connectivity index (χ0n) is 43.5. The lowest BCUT2D eigenvalue weighted by Crippen LogP contribution is -2.44. The first kappa shape index (κ1) is 57.9. The van der Waals surface area contributed by atoms with Crippen molar-refractivity contribution in [2.75, 3.05) is 0 Å². The van der Waals surface area contributed by atoms with Gasteiger partial charge in [-0.25, -0.2) is 14.6 Å². The zero-order chi connectivity index (χ0) is 52.0. The Balaban J connectivity index is 0.000000413. The molecule has 2 aliphatic heterocycles. The van der Waals surface area contributed by atoms with Crippen molar-refractivity contribution in [3.8, 4) is 5.88 Å². The average Bonchev–Trinajstić information content (AvgIpc) is 3.08. The maximum absolute atomic E-state index is 11.6. The number of urea groups is 1. The largest absolute Gasteiger partial charge is 0.493 e. The number of hydrogen-bond acceptors (Lipinski definition) is 10. The number of nitrogens with zero attached hydrogens (tertiary/aromatic N) is 2. The van der Waals surface area contributed by atoms with E-state index in [9.17, 15) is 38.7 Å². The van der Waals surface area contributed by atoms with Crippen LogP contribution in [0.2, 0.25) is 0 Å². The fourth-order valence-corrected chi connectivity index (χ4v) is 7.40. The van der Waals surface area contributed by atoms with E-state index in [-0.39, 0.29) is 73.4 Å². The van der Waals surface area contributed by atoms with E-state index in [2.05, 4.69) is 94.0 Å². The summed E-state index contributed by atoms with van der Waals surface area (Å²) in [6, 6.07) is -0.199. The Morgan fingerprint density at radius 3 is 1.42 bits per heavy atom. The van der Waals surface area contributed by atoms with Crippen LogP contribution >= 0.6 is 0 Å². The predicted octanol–water partition coefficient (Wildman–Crippen LogP) is 7.21. The van der Waals surface area contributed by atoms with Crippen LogP contribution in [0.25, 0.3) is 0 Å². The van der Waals surface area contributed by atoms with Gasteiger partial charge in [-0.1, -0.05) is 116 Å². The molecule has 4 amide bonds. The fraction of sp³-hybridized carbons (Fsp3) is 0.571. The van der Waals surface area contributed by atoms with Gasteiger partial charge in [-0.2, -0.15) is 0 Å². The van der Waals surface area contributed by atoms with E-state index in [4.69, 9.17) is 0 Å². The molecule has 3 aromatic heterocycles. The minimum Gasteiger partial charge on any atom is -0.493 e. The molecule has 5 heterocycles. The molecular formula is C49H77N9O8. The summed E-state index contributed by atoms with van der Waals surface area (Å²) < 4.78 is 0. The van der Waals surface area contributed by atoms with Gasteiger partial charge in [0, 0.05) is 44.7 Å². The maximum Gasteiger partial charge on any atom is 0.325 e. The number of carbonyl (C=O) groups excluding carboxylic acids is 3. The lowest BCUT2D eigenvalue weighted by molar-refractivity contribution is -0.131. The zero-order valence-corrected chi connectivity index (χ0v) is 43.5. The van der Waals surface area contributed by atoms with Crippen molar-refractivity contribution in [2.45, 2.75) is 169 Å². The minimum absolute atomic E-state index is 0.00185.